The molecule has 0 aromatic heterocycles. The molecule has 0 bridgehead atoms. The zero-order valence-electron chi connectivity index (χ0n) is 18.2. The summed E-state index contributed by atoms with van der Waals surface area (Å²) in [5.74, 6) is -11.3. The van der Waals surface area contributed by atoms with E-state index in [0.29, 0.717) is 0 Å². The lowest BCUT2D eigenvalue weighted by molar-refractivity contribution is -0.164. The lowest BCUT2D eigenvalue weighted by Crippen LogP contribution is -2.42. The molecule has 0 saturated carbocycles. The van der Waals surface area contributed by atoms with Crippen LogP contribution >= 0.6 is 15.6 Å². The van der Waals surface area contributed by atoms with Crippen LogP contribution in [0.25, 0.3) is 0 Å². The molecular formula is C15H26O18P2. The van der Waals surface area contributed by atoms with Crippen LogP contribution in [-0.2, 0) is 42.2 Å². The van der Waals surface area contributed by atoms with Crippen molar-refractivity contribution in [3.05, 3.63) is 0 Å². The number of carbonyl (C=O) groups is 5. The molecule has 0 aliphatic carbocycles. The molecule has 20 heteroatoms. The summed E-state index contributed by atoms with van der Waals surface area (Å²) in [4.78, 5) is 88.0. The zero-order chi connectivity index (χ0) is 28.4. The summed E-state index contributed by atoms with van der Waals surface area (Å²) in [5, 5.41) is 43.7. The van der Waals surface area contributed by atoms with Crippen molar-refractivity contribution < 1.29 is 87.3 Å². The van der Waals surface area contributed by atoms with Crippen LogP contribution in [0.3, 0.4) is 0 Å². The second-order valence-electron chi connectivity index (χ2n) is 6.78. The van der Waals surface area contributed by atoms with E-state index in [9.17, 15) is 33.1 Å². The van der Waals surface area contributed by atoms with Gasteiger partial charge in [-0.1, -0.05) is 13.8 Å². The van der Waals surface area contributed by atoms with Crippen LogP contribution in [-0.4, -0.2) is 86.7 Å². The average Bonchev–Trinajstić information content (AvgIpc) is 2.64. The van der Waals surface area contributed by atoms with Crippen LogP contribution in [0.15, 0.2) is 0 Å². The molecule has 18 nitrogen and oxygen atoms in total. The van der Waals surface area contributed by atoms with E-state index < -0.39 is 81.9 Å². The quantitative estimate of drug-likeness (QED) is 0.115. The normalized spacial score (nSPS) is 15.9. The second kappa shape index (κ2) is 14.2. The van der Waals surface area contributed by atoms with E-state index in [1.54, 1.807) is 0 Å². The van der Waals surface area contributed by atoms with Crippen LogP contribution in [0.1, 0.15) is 39.5 Å². The Bertz CT molecular complexity index is 873. The minimum absolute atomic E-state index is 0.0291. The monoisotopic (exact) mass is 556 g/mol. The Morgan fingerprint density at radius 1 is 0.800 bits per heavy atom. The molecule has 0 fully saturated rings. The SMILES string of the molecule is CCC(CC(=O)O)(OP(=O)(O)O)C(=O)O.CCC(CC(C(=O)O)C(OP(=O)(O)O)C(=O)O)C(=O)O. The number of aliphatic carboxylic acids is 5. The molecule has 4 atom stereocenters. The Kier molecular flexibility index (Phi) is 14.1. The first-order valence-corrected chi connectivity index (χ1v) is 12.3. The molecule has 0 amide bonds. The molecule has 0 aliphatic rings. The first kappa shape index (κ1) is 34.7. The Balaban J connectivity index is 0. The van der Waals surface area contributed by atoms with Crippen molar-refractivity contribution >= 4 is 45.5 Å². The summed E-state index contributed by atoms with van der Waals surface area (Å²) in [6.07, 6.45) is -4.34. The fourth-order valence-corrected chi connectivity index (χ4v) is 3.76. The number of hydrogen-bond acceptors (Lipinski definition) is 9. The van der Waals surface area contributed by atoms with Gasteiger partial charge in [0.15, 0.2) is 11.7 Å². The van der Waals surface area contributed by atoms with Crippen LogP contribution in [0.5, 0.6) is 0 Å². The molecule has 9 N–H and O–H groups in total. The van der Waals surface area contributed by atoms with Gasteiger partial charge in [0.2, 0.25) is 0 Å². The Hall–Kier alpha value is -2.43. The van der Waals surface area contributed by atoms with Crippen molar-refractivity contribution in [3.63, 3.8) is 0 Å². The van der Waals surface area contributed by atoms with Gasteiger partial charge in [-0.25, -0.2) is 18.7 Å². The van der Waals surface area contributed by atoms with E-state index in [2.05, 4.69) is 9.05 Å². The predicted molar refractivity (Wildman–Crippen MR) is 108 cm³/mol. The lowest BCUT2D eigenvalue weighted by atomic mass is 9.89. The van der Waals surface area contributed by atoms with Gasteiger partial charge in [0.05, 0.1) is 18.3 Å². The standard InChI is InChI=1S/C9H15O10P.C6H11O8P/c1-2-4(7(10)11)3-5(8(12)13)6(9(14)15)19-20(16,17)18;1-2-6(5(9)10,3-4(7)8)14-15(11,12)13/h4-6H,2-3H2,1H3,(H,10,11)(H,12,13)(H,14,15)(H2,16,17,18);2-3H2,1H3,(H,7,8)(H,9,10)(H2,11,12,13). The van der Waals surface area contributed by atoms with Gasteiger partial charge in [-0.15, -0.1) is 0 Å². The van der Waals surface area contributed by atoms with Crippen molar-refractivity contribution in [1.29, 1.82) is 0 Å². The molecule has 0 heterocycles. The van der Waals surface area contributed by atoms with Gasteiger partial charge in [0, 0.05) is 0 Å². The van der Waals surface area contributed by atoms with E-state index in [0.717, 1.165) is 0 Å². The predicted octanol–water partition coefficient (Wildman–Crippen LogP) is -0.446. The van der Waals surface area contributed by atoms with Gasteiger partial charge in [-0.2, -0.15) is 0 Å². The van der Waals surface area contributed by atoms with Crippen LogP contribution in [0.4, 0.5) is 0 Å². The topological polar surface area (TPSA) is 320 Å². The highest BCUT2D eigenvalue weighted by Gasteiger charge is 2.45. The van der Waals surface area contributed by atoms with Gasteiger partial charge < -0.3 is 45.1 Å². The Morgan fingerprint density at radius 3 is 1.51 bits per heavy atom. The number of rotatable bonds is 15. The molecule has 204 valence electrons. The fraction of sp³-hybridized carbons (Fsp3) is 0.667. The highest BCUT2D eigenvalue weighted by atomic mass is 31.2. The van der Waals surface area contributed by atoms with Crippen molar-refractivity contribution in [2.24, 2.45) is 11.8 Å². The van der Waals surface area contributed by atoms with Crippen LogP contribution in [0, 0.1) is 11.8 Å². The van der Waals surface area contributed by atoms with E-state index >= 15 is 0 Å². The summed E-state index contributed by atoms with van der Waals surface area (Å²) < 4.78 is 29.1. The van der Waals surface area contributed by atoms with E-state index in [1.807, 2.05) is 0 Å². The average molecular weight is 556 g/mol. The Labute approximate surface area is 196 Å². The van der Waals surface area contributed by atoms with Crippen molar-refractivity contribution in [2.45, 2.75) is 51.2 Å². The molecule has 35 heavy (non-hydrogen) atoms. The van der Waals surface area contributed by atoms with Gasteiger partial charge in [-0.05, 0) is 19.3 Å². The molecule has 0 saturated heterocycles. The van der Waals surface area contributed by atoms with E-state index in [4.69, 9.17) is 45.1 Å². The molecule has 0 radical (unpaired) electrons. The number of hydrogen-bond donors (Lipinski definition) is 9. The number of carboxylic acid groups (broad SMARTS) is 5. The Morgan fingerprint density at radius 2 is 1.29 bits per heavy atom. The van der Waals surface area contributed by atoms with E-state index in [-0.39, 0.29) is 12.8 Å². The van der Waals surface area contributed by atoms with Crippen LogP contribution < -0.4 is 0 Å². The highest BCUT2D eigenvalue weighted by Crippen LogP contribution is 2.44. The third kappa shape index (κ3) is 13.9. The zero-order valence-corrected chi connectivity index (χ0v) is 19.9. The third-order valence-electron chi connectivity index (χ3n) is 4.25. The fourth-order valence-electron chi connectivity index (χ4n) is 2.50. The van der Waals surface area contributed by atoms with Gasteiger partial charge in [0.1, 0.15) is 0 Å². The van der Waals surface area contributed by atoms with Gasteiger partial charge in [-0.3, -0.25) is 23.4 Å². The minimum Gasteiger partial charge on any atom is -0.481 e. The largest absolute Gasteiger partial charge is 0.481 e. The first-order chi connectivity index (χ1) is 15.6. The van der Waals surface area contributed by atoms with Crippen molar-refractivity contribution in [2.75, 3.05) is 0 Å². The maximum Gasteiger partial charge on any atom is 0.470 e. The summed E-state index contributed by atoms with van der Waals surface area (Å²) >= 11 is 0. The number of carboxylic acids is 5. The number of phosphoric acid groups is 2. The summed E-state index contributed by atoms with van der Waals surface area (Å²) in [5.41, 5.74) is -2.40. The summed E-state index contributed by atoms with van der Waals surface area (Å²) in [6.45, 7) is 2.71. The molecule has 0 spiro atoms. The highest BCUT2D eigenvalue weighted by molar-refractivity contribution is 7.46. The minimum atomic E-state index is -5.24. The molecule has 0 aromatic rings. The third-order valence-corrected chi connectivity index (χ3v) is 5.34. The second-order valence-corrected chi connectivity index (χ2v) is 9.14. The smallest absolute Gasteiger partial charge is 0.470 e. The maximum absolute atomic E-state index is 11.0. The molecule has 0 aliphatic heterocycles. The maximum atomic E-state index is 11.0. The molecule has 0 rings (SSSR count). The number of phosphoric ester groups is 2. The first-order valence-electron chi connectivity index (χ1n) is 9.26. The van der Waals surface area contributed by atoms with Crippen LogP contribution in [0.2, 0.25) is 0 Å². The van der Waals surface area contributed by atoms with Gasteiger partial charge >= 0.3 is 45.5 Å². The van der Waals surface area contributed by atoms with Crippen molar-refractivity contribution in [1.82, 2.24) is 0 Å². The molecular weight excluding hydrogens is 530 g/mol. The summed E-state index contributed by atoms with van der Waals surface area (Å²) in [7, 11) is -10.3. The van der Waals surface area contributed by atoms with Crippen molar-refractivity contribution in [3.8, 4) is 0 Å². The lowest BCUT2D eigenvalue weighted by Gasteiger charge is -2.26. The molecule has 4 unspecified atom stereocenters. The summed E-state index contributed by atoms with van der Waals surface area (Å²) in [6, 6.07) is 0. The van der Waals surface area contributed by atoms with Gasteiger partial charge in [0.25, 0.3) is 0 Å². The van der Waals surface area contributed by atoms with E-state index in [1.165, 1.54) is 13.8 Å². The molecule has 0 aromatic carbocycles.